The van der Waals surface area contributed by atoms with Crippen LogP contribution < -0.4 is 0 Å². The first-order chi connectivity index (χ1) is 12.4. The van der Waals surface area contributed by atoms with Gasteiger partial charge < -0.3 is 14.6 Å². The van der Waals surface area contributed by atoms with Gasteiger partial charge in [0.2, 0.25) is 0 Å². The van der Waals surface area contributed by atoms with Crippen LogP contribution in [0.1, 0.15) is 23.7 Å². The number of nitrogens with zero attached hydrogens (tertiary/aromatic N) is 3. The summed E-state index contributed by atoms with van der Waals surface area (Å²) in [5.41, 5.74) is 3.38. The van der Waals surface area contributed by atoms with E-state index in [-0.39, 0.29) is 0 Å². The fourth-order valence-corrected chi connectivity index (χ4v) is 4.19. The average Bonchev–Trinajstić information content (AvgIpc) is 2.88. The number of benzene rings is 1. The van der Waals surface area contributed by atoms with Crippen molar-refractivity contribution in [3.05, 3.63) is 63.5 Å². The number of hydrogen-bond acceptors (Lipinski definition) is 3. The van der Waals surface area contributed by atoms with Crippen molar-refractivity contribution in [2.24, 2.45) is 0 Å². The zero-order valence-electron chi connectivity index (χ0n) is 14.8. The molecule has 2 aromatic heterocycles. The van der Waals surface area contributed by atoms with Crippen LogP contribution in [0.25, 0.3) is 10.9 Å². The third-order valence-electron chi connectivity index (χ3n) is 5.26. The van der Waals surface area contributed by atoms with Gasteiger partial charge in [0.05, 0.1) is 22.1 Å². The fraction of sp³-hybridized carbons (Fsp3) is 0.350. The number of halogens is 2. The Morgan fingerprint density at radius 2 is 1.88 bits per heavy atom. The van der Waals surface area contributed by atoms with Crippen LogP contribution in [0, 0.1) is 0 Å². The van der Waals surface area contributed by atoms with E-state index in [1.54, 1.807) is 12.4 Å². The highest BCUT2D eigenvalue weighted by Crippen LogP contribution is 2.37. The summed E-state index contributed by atoms with van der Waals surface area (Å²) in [4.78, 5) is 6.35. The number of fused-ring (bicyclic) bond motifs is 3. The van der Waals surface area contributed by atoms with Gasteiger partial charge in [-0.05, 0) is 49.4 Å². The largest absolute Gasteiger partial charge is 0.384 e. The van der Waals surface area contributed by atoms with Crippen LogP contribution in [0.15, 0.2) is 36.7 Å². The molecule has 3 aromatic rings. The summed E-state index contributed by atoms with van der Waals surface area (Å²) < 4.78 is 2.21. The Balaban J connectivity index is 1.88. The van der Waals surface area contributed by atoms with Crippen molar-refractivity contribution in [3.63, 3.8) is 0 Å². The van der Waals surface area contributed by atoms with Crippen molar-refractivity contribution >= 4 is 34.1 Å². The van der Waals surface area contributed by atoms with Crippen molar-refractivity contribution in [2.45, 2.75) is 32.0 Å². The summed E-state index contributed by atoms with van der Waals surface area (Å²) in [6.07, 6.45) is 4.35. The van der Waals surface area contributed by atoms with Crippen LogP contribution in [0.3, 0.4) is 0 Å². The number of rotatable bonds is 3. The van der Waals surface area contributed by atoms with Gasteiger partial charge in [-0.25, -0.2) is 0 Å². The fourth-order valence-electron chi connectivity index (χ4n) is 3.86. The zero-order valence-corrected chi connectivity index (χ0v) is 16.3. The van der Waals surface area contributed by atoms with Crippen LogP contribution in [0.2, 0.25) is 10.0 Å². The molecule has 3 heterocycles. The van der Waals surface area contributed by atoms with Crippen molar-refractivity contribution < 1.29 is 5.11 Å². The predicted molar refractivity (Wildman–Crippen MR) is 106 cm³/mol. The molecule has 4 nitrogen and oxygen atoms in total. The SMILES string of the molecule is CN1CCc2c(c3cc(Cl)c(Cl)cc3n2CC(C)(O)c2ccncc2)C1. The lowest BCUT2D eigenvalue weighted by Gasteiger charge is -2.28. The van der Waals surface area contributed by atoms with Gasteiger partial charge >= 0.3 is 0 Å². The standard InChI is InChI=1S/C20H21Cl2N3O/c1-20(26,13-3-6-23-7-4-13)12-25-18-5-8-24(2)11-15(18)14-9-16(21)17(22)10-19(14)25/h3-4,6-7,9-10,26H,5,8,11-12H2,1-2H3. The number of hydrogen-bond donors (Lipinski definition) is 1. The van der Waals surface area contributed by atoms with Gasteiger partial charge in [0.25, 0.3) is 0 Å². The number of aliphatic hydroxyl groups is 1. The summed E-state index contributed by atoms with van der Waals surface area (Å²) in [7, 11) is 2.12. The smallest absolute Gasteiger partial charge is 0.105 e. The van der Waals surface area contributed by atoms with E-state index in [0.717, 1.165) is 36.0 Å². The molecule has 1 unspecified atom stereocenters. The van der Waals surface area contributed by atoms with Gasteiger partial charge in [-0.15, -0.1) is 0 Å². The van der Waals surface area contributed by atoms with Crippen LogP contribution in [0.5, 0.6) is 0 Å². The molecular weight excluding hydrogens is 369 g/mol. The van der Waals surface area contributed by atoms with E-state index >= 15 is 0 Å². The first-order valence-corrected chi connectivity index (χ1v) is 9.43. The van der Waals surface area contributed by atoms with Crippen LogP contribution >= 0.6 is 23.2 Å². The molecule has 1 aliphatic heterocycles. The van der Waals surface area contributed by atoms with E-state index < -0.39 is 5.60 Å². The number of pyridine rings is 1. The van der Waals surface area contributed by atoms with Crippen molar-refractivity contribution in [2.75, 3.05) is 13.6 Å². The van der Waals surface area contributed by atoms with Crippen LogP contribution in [0.4, 0.5) is 0 Å². The maximum Gasteiger partial charge on any atom is 0.105 e. The highest BCUT2D eigenvalue weighted by atomic mass is 35.5. The molecule has 0 amide bonds. The Morgan fingerprint density at radius 3 is 2.62 bits per heavy atom. The van der Waals surface area contributed by atoms with E-state index in [2.05, 4.69) is 21.5 Å². The maximum absolute atomic E-state index is 11.2. The second kappa shape index (κ2) is 6.54. The Bertz CT molecular complexity index is 966. The molecule has 0 bridgehead atoms. The van der Waals surface area contributed by atoms with E-state index in [1.807, 2.05) is 31.2 Å². The van der Waals surface area contributed by atoms with Gasteiger partial charge in [0.15, 0.2) is 0 Å². The van der Waals surface area contributed by atoms with Crippen molar-refractivity contribution in [1.82, 2.24) is 14.5 Å². The Labute approximate surface area is 163 Å². The molecular formula is C20H21Cl2N3O. The lowest BCUT2D eigenvalue weighted by Crippen LogP contribution is -2.31. The predicted octanol–water partition coefficient (Wildman–Crippen LogP) is 4.24. The first kappa shape index (κ1) is 17.8. The minimum atomic E-state index is -1.02. The average molecular weight is 390 g/mol. The summed E-state index contributed by atoms with van der Waals surface area (Å²) in [5, 5.41) is 13.4. The summed E-state index contributed by atoms with van der Waals surface area (Å²) in [6.45, 7) is 4.15. The topological polar surface area (TPSA) is 41.3 Å². The summed E-state index contributed by atoms with van der Waals surface area (Å²) in [5.74, 6) is 0. The molecule has 0 fully saturated rings. The summed E-state index contributed by atoms with van der Waals surface area (Å²) >= 11 is 12.6. The Morgan fingerprint density at radius 1 is 1.19 bits per heavy atom. The molecule has 26 heavy (non-hydrogen) atoms. The highest BCUT2D eigenvalue weighted by molar-refractivity contribution is 6.42. The molecule has 0 spiro atoms. The minimum Gasteiger partial charge on any atom is -0.384 e. The normalized spacial score (nSPS) is 17.3. The van der Waals surface area contributed by atoms with Crippen molar-refractivity contribution in [3.8, 4) is 0 Å². The lowest BCUT2D eigenvalue weighted by molar-refractivity contribution is 0.0384. The van der Waals surface area contributed by atoms with Crippen LogP contribution in [-0.2, 0) is 25.1 Å². The van der Waals surface area contributed by atoms with Crippen molar-refractivity contribution in [1.29, 1.82) is 0 Å². The van der Waals surface area contributed by atoms with Gasteiger partial charge in [-0.1, -0.05) is 23.2 Å². The lowest BCUT2D eigenvalue weighted by atomic mass is 9.96. The monoisotopic (exact) mass is 389 g/mol. The van der Waals surface area contributed by atoms with Gasteiger partial charge in [0, 0.05) is 43.0 Å². The summed E-state index contributed by atoms with van der Waals surface area (Å²) in [6, 6.07) is 7.58. The Kier molecular flexibility index (Phi) is 4.48. The molecule has 1 atom stereocenters. The number of aromatic nitrogens is 2. The van der Waals surface area contributed by atoms with E-state index in [1.165, 1.54) is 11.3 Å². The molecule has 0 aliphatic carbocycles. The molecule has 6 heteroatoms. The van der Waals surface area contributed by atoms with Gasteiger partial charge in [-0.2, -0.15) is 0 Å². The first-order valence-electron chi connectivity index (χ1n) is 8.67. The molecule has 4 rings (SSSR count). The zero-order chi connectivity index (χ0) is 18.5. The molecule has 0 saturated heterocycles. The molecule has 0 radical (unpaired) electrons. The second-order valence-electron chi connectivity index (χ2n) is 7.29. The third-order valence-corrected chi connectivity index (χ3v) is 5.98. The minimum absolute atomic E-state index is 0.449. The number of likely N-dealkylation sites (N-methyl/N-ethyl adjacent to an activating group) is 1. The van der Waals surface area contributed by atoms with E-state index in [9.17, 15) is 5.11 Å². The van der Waals surface area contributed by atoms with Gasteiger partial charge in [-0.3, -0.25) is 4.98 Å². The van der Waals surface area contributed by atoms with E-state index in [4.69, 9.17) is 23.2 Å². The maximum atomic E-state index is 11.2. The Hall–Kier alpha value is -1.59. The van der Waals surface area contributed by atoms with Gasteiger partial charge in [0.1, 0.15) is 5.60 Å². The molecule has 1 aromatic carbocycles. The molecule has 1 N–H and O–H groups in total. The highest BCUT2D eigenvalue weighted by Gasteiger charge is 2.29. The molecule has 1 aliphatic rings. The second-order valence-corrected chi connectivity index (χ2v) is 8.11. The molecule has 0 saturated carbocycles. The molecule has 136 valence electrons. The third kappa shape index (κ3) is 3.01. The van der Waals surface area contributed by atoms with E-state index in [0.29, 0.717) is 16.6 Å². The quantitative estimate of drug-likeness (QED) is 0.728. The van der Waals surface area contributed by atoms with Crippen LogP contribution in [-0.4, -0.2) is 33.1 Å².